The number of allylic oxidation sites excluding steroid dienone is 4. The van der Waals surface area contributed by atoms with Gasteiger partial charge in [0.15, 0.2) is 0 Å². The maximum atomic E-state index is 11.9. The number of hydrogen-bond acceptors (Lipinski definition) is 2. The molecule has 34 heavy (non-hydrogen) atoms. The molecular formula is C32H50O2. The van der Waals surface area contributed by atoms with Crippen LogP contribution in [0, 0.1) is 44.3 Å². The van der Waals surface area contributed by atoms with E-state index in [0.29, 0.717) is 28.1 Å². The summed E-state index contributed by atoms with van der Waals surface area (Å²) in [6.07, 6.45) is 16.7. The summed E-state index contributed by atoms with van der Waals surface area (Å²) in [6, 6.07) is 0. The molecular weight excluding hydrogens is 416 g/mol. The Bertz CT molecular complexity index is 952. The van der Waals surface area contributed by atoms with E-state index in [2.05, 4.69) is 67.5 Å². The average Bonchev–Trinajstić information content (AvgIpc) is 2.72. The molecule has 2 nitrogen and oxygen atoms in total. The predicted octanol–water partition coefficient (Wildman–Crippen LogP) is 8.66. The van der Waals surface area contributed by atoms with Crippen molar-refractivity contribution in [3.8, 4) is 0 Å². The summed E-state index contributed by atoms with van der Waals surface area (Å²) >= 11 is 0. The van der Waals surface area contributed by atoms with Gasteiger partial charge in [-0.2, -0.15) is 0 Å². The molecule has 2 heteroatoms. The van der Waals surface area contributed by atoms with Crippen molar-refractivity contribution in [3.05, 3.63) is 23.3 Å². The molecule has 5 aliphatic carbocycles. The normalized spacial score (nSPS) is 48.8. The van der Waals surface area contributed by atoms with Crippen molar-refractivity contribution >= 4 is 5.97 Å². The molecule has 7 atom stereocenters. The lowest BCUT2D eigenvalue weighted by molar-refractivity contribution is -0.197. The van der Waals surface area contributed by atoms with Gasteiger partial charge in [-0.05, 0) is 102 Å². The van der Waals surface area contributed by atoms with Crippen molar-refractivity contribution in [2.24, 2.45) is 44.3 Å². The first kappa shape index (κ1) is 24.6. The molecule has 190 valence electrons. The van der Waals surface area contributed by atoms with E-state index in [1.807, 2.05) is 0 Å². The fourth-order valence-electron chi connectivity index (χ4n) is 10.2. The highest BCUT2D eigenvalue weighted by molar-refractivity contribution is 5.66. The van der Waals surface area contributed by atoms with Crippen LogP contribution in [0.3, 0.4) is 0 Å². The van der Waals surface area contributed by atoms with E-state index in [-0.39, 0.29) is 28.3 Å². The Morgan fingerprint density at radius 1 is 0.882 bits per heavy atom. The van der Waals surface area contributed by atoms with Crippen molar-refractivity contribution in [1.29, 1.82) is 0 Å². The zero-order chi connectivity index (χ0) is 24.9. The molecule has 3 saturated carbocycles. The maximum Gasteiger partial charge on any atom is 0.302 e. The number of carbonyl (C=O) groups is 1. The predicted molar refractivity (Wildman–Crippen MR) is 140 cm³/mol. The molecule has 0 aromatic rings. The number of hydrogen-bond donors (Lipinski definition) is 0. The van der Waals surface area contributed by atoms with Gasteiger partial charge in [-0.15, -0.1) is 0 Å². The molecule has 5 rings (SSSR count). The Hall–Kier alpha value is -1.05. The summed E-state index contributed by atoms with van der Waals surface area (Å²) < 4.78 is 5.89. The molecule has 5 aliphatic rings. The number of carbonyl (C=O) groups excluding carboxylic acids is 1. The molecule has 0 aromatic carbocycles. The molecule has 0 N–H and O–H groups in total. The second-order valence-electron chi connectivity index (χ2n) is 15.4. The van der Waals surface area contributed by atoms with Crippen LogP contribution in [0.15, 0.2) is 23.3 Å². The van der Waals surface area contributed by atoms with Gasteiger partial charge in [0.25, 0.3) is 0 Å². The number of fused-ring (bicyclic) bond motifs is 6. The molecule has 0 aliphatic heterocycles. The van der Waals surface area contributed by atoms with Crippen LogP contribution in [0.1, 0.15) is 120 Å². The number of ether oxygens (including phenoxy) is 1. The Balaban J connectivity index is 1.59. The van der Waals surface area contributed by atoms with E-state index in [9.17, 15) is 4.79 Å². The van der Waals surface area contributed by atoms with E-state index < -0.39 is 0 Å². The largest absolute Gasteiger partial charge is 0.462 e. The van der Waals surface area contributed by atoms with E-state index >= 15 is 0 Å². The monoisotopic (exact) mass is 466 g/mol. The van der Waals surface area contributed by atoms with Crippen molar-refractivity contribution in [1.82, 2.24) is 0 Å². The Kier molecular flexibility index (Phi) is 5.26. The van der Waals surface area contributed by atoms with Gasteiger partial charge in [-0.25, -0.2) is 0 Å². The lowest BCUT2D eigenvalue weighted by Crippen LogP contribution is -2.63. The molecule has 3 fully saturated rings. The quantitative estimate of drug-likeness (QED) is 0.361. The Labute approximate surface area is 209 Å². The van der Waals surface area contributed by atoms with Crippen LogP contribution in [-0.4, -0.2) is 12.1 Å². The van der Waals surface area contributed by atoms with Gasteiger partial charge in [0, 0.05) is 12.3 Å². The molecule has 0 amide bonds. The summed E-state index contributed by atoms with van der Waals surface area (Å²) in [6.45, 7) is 21.8. The second-order valence-corrected chi connectivity index (χ2v) is 15.4. The molecule has 0 aromatic heterocycles. The van der Waals surface area contributed by atoms with Gasteiger partial charge in [0.1, 0.15) is 6.10 Å². The van der Waals surface area contributed by atoms with Gasteiger partial charge in [0.05, 0.1) is 0 Å². The summed E-state index contributed by atoms with van der Waals surface area (Å²) in [7, 11) is 0. The molecule has 0 spiro atoms. The fraction of sp³-hybridized carbons (Fsp3) is 0.844. The molecule has 0 heterocycles. The van der Waals surface area contributed by atoms with Crippen molar-refractivity contribution < 1.29 is 9.53 Å². The third-order valence-electron chi connectivity index (χ3n) is 12.7. The zero-order valence-corrected chi connectivity index (χ0v) is 23.6. The third-order valence-corrected chi connectivity index (χ3v) is 12.7. The molecule has 0 saturated heterocycles. The maximum absolute atomic E-state index is 11.9. The van der Waals surface area contributed by atoms with E-state index in [1.54, 1.807) is 18.1 Å². The van der Waals surface area contributed by atoms with Crippen LogP contribution in [0.4, 0.5) is 0 Å². The lowest BCUT2D eigenvalue weighted by atomic mass is 9.35. The summed E-state index contributed by atoms with van der Waals surface area (Å²) in [5.74, 6) is 1.05. The van der Waals surface area contributed by atoms with Crippen LogP contribution in [0.2, 0.25) is 0 Å². The highest BCUT2D eigenvalue weighted by atomic mass is 16.5. The topological polar surface area (TPSA) is 26.3 Å². The van der Waals surface area contributed by atoms with E-state index in [1.165, 1.54) is 44.9 Å². The molecule has 0 unspecified atom stereocenters. The minimum absolute atomic E-state index is 0.0199. The first-order valence-electron chi connectivity index (χ1n) is 14.2. The number of rotatable bonds is 1. The highest BCUT2D eigenvalue weighted by Crippen LogP contribution is 2.74. The average molecular weight is 467 g/mol. The van der Waals surface area contributed by atoms with Crippen LogP contribution in [-0.2, 0) is 9.53 Å². The van der Waals surface area contributed by atoms with Crippen molar-refractivity contribution in [2.75, 3.05) is 0 Å². The van der Waals surface area contributed by atoms with Crippen LogP contribution >= 0.6 is 0 Å². The highest BCUT2D eigenvalue weighted by Gasteiger charge is 2.66. The Morgan fingerprint density at radius 2 is 1.56 bits per heavy atom. The molecule has 0 radical (unpaired) electrons. The third kappa shape index (κ3) is 3.15. The summed E-state index contributed by atoms with van der Waals surface area (Å²) in [5.41, 5.74) is 5.20. The first-order chi connectivity index (χ1) is 15.6. The lowest BCUT2D eigenvalue weighted by Gasteiger charge is -2.69. The van der Waals surface area contributed by atoms with Gasteiger partial charge < -0.3 is 4.74 Å². The van der Waals surface area contributed by atoms with Crippen LogP contribution in [0.25, 0.3) is 0 Å². The summed E-state index contributed by atoms with van der Waals surface area (Å²) in [5, 5.41) is 0. The second kappa shape index (κ2) is 7.25. The van der Waals surface area contributed by atoms with Crippen LogP contribution < -0.4 is 0 Å². The smallest absolute Gasteiger partial charge is 0.302 e. The van der Waals surface area contributed by atoms with Crippen molar-refractivity contribution in [2.45, 2.75) is 126 Å². The zero-order valence-electron chi connectivity index (χ0n) is 23.6. The number of esters is 1. The first-order valence-corrected chi connectivity index (χ1v) is 14.2. The van der Waals surface area contributed by atoms with Gasteiger partial charge in [-0.1, -0.05) is 73.1 Å². The fourth-order valence-corrected chi connectivity index (χ4v) is 10.2. The molecule has 0 bridgehead atoms. The van der Waals surface area contributed by atoms with Crippen molar-refractivity contribution in [3.63, 3.8) is 0 Å². The summed E-state index contributed by atoms with van der Waals surface area (Å²) in [4.78, 5) is 11.9. The van der Waals surface area contributed by atoms with Crippen LogP contribution in [0.5, 0.6) is 0 Å². The van der Waals surface area contributed by atoms with Gasteiger partial charge in [-0.3, -0.25) is 4.79 Å². The van der Waals surface area contributed by atoms with E-state index in [4.69, 9.17) is 4.74 Å². The minimum atomic E-state index is -0.121. The SMILES string of the molecule is CC(=O)O[C@H]1CC[C@]2(C)[C@H]3C=CC4=C5CC(C)(C)CC[C@]5(C)CC[C@@]4(C)[C@]3(C)CC[C@H]2C1(C)C. The van der Waals surface area contributed by atoms with Gasteiger partial charge in [0.2, 0.25) is 0 Å². The Morgan fingerprint density at radius 3 is 2.24 bits per heavy atom. The van der Waals surface area contributed by atoms with E-state index in [0.717, 1.165) is 12.8 Å². The standard InChI is InChI=1S/C32H50O2/c1-21(33)34-26-13-14-30(7)24(28(26,4)5)12-15-32(9)25(30)11-10-22-23-20-27(2,3)16-17-29(23,6)18-19-31(22,32)8/h10-11,24-26H,12-20H2,1-9H3/t24-,25+,26-,29+,30-,31+,32+/m0/s1. The van der Waals surface area contributed by atoms with Gasteiger partial charge >= 0.3 is 5.97 Å². The minimum Gasteiger partial charge on any atom is -0.462 e.